The van der Waals surface area contributed by atoms with Crippen molar-refractivity contribution >= 4 is 5.78 Å². The van der Waals surface area contributed by atoms with E-state index < -0.39 is 0 Å². The van der Waals surface area contributed by atoms with Crippen LogP contribution in [0.2, 0.25) is 0 Å². The predicted octanol–water partition coefficient (Wildman–Crippen LogP) is 5.04. The van der Waals surface area contributed by atoms with Gasteiger partial charge in [0.25, 0.3) is 0 Å². The summed E-state index contributed by atoms with van der Waals surface area (Å²) in [6, 6.07) is 0.652. The minimum atomic E-state index is 0.0262. The van der Waals surface area contributed by atoms with Crippen LogP contribution in [-0.2, 0) is 4.79 Å². The van der Waals surface area contributed by atoms with E-state index in [0.29, 0.717) is 23.2 Å². The van der Waals surface area contributed by atoms with E-state index in [1.807, 2.05) is 12.5 Å². The Labute approximate surface area is 151 Å². The summed E-state index contributed by atoms with van der Waals surface area (Å²) in [5.41, 5.74) is 0.533. The summed E-state index contributed by atoms with van der Waals surface area (Å²) in [5, 5.41) is 0. The summed E-state index contributed by atoms with van der Waals surface area (Å²) in [5.74, 6) is 3.79. The van der Waals surface area contributed by atoms with Crippen LogP contribution in [0, 0.1) is 34.5 Å². The number of aromatic nitrogens is 2. The van der Waals surface area contributed by atoms with Crippen LogP contribution in [0.4, 0.5) is 0 Å². The van der Waals surface area contributed by atoms with E-state index in [-0.39, 0.29) is 5.41 Å². The number of fused-ring (bicyclic) bond motifs is 5. The summed E-state index contributed by atoms with van der Waals surface area (Å²) in [6.45, 7) is 4.91. The Bertz CT molecular complexity index is 668. The van der Waals surface area contributed by atoms with Crippen LogP contribution in [0.1, 0.15) is 77.7 Å². The summed E-state index contributed by atoms with van der Waals surface area (Å²) in [6.07, 6.45) is 17.3. The molecular formula is C22H32N2O. The third-order valence-electron chi connectivity index (χ3n) is 9.29. The molecule has 1 heterocycles. The maximum Gasteiger partial charge on any atom is 0.139 e. The van der Waals surface area contributed by atoms with Gasteiger partial charge in [-0.25, -0.2) is 4.98 Å². The van der Waals surface area contributed by atoms with Gasteiger partial charge in [0.2, 0.25) is 0 Å². The van der Waals surface area contributed by atoms with Gasteiger partial charge in [0.05, 0.1) is 6.33 Å². The van der Waals surface area contributed by atoms with Gasteiger partial charge in [-0.2, -0.15) is 0 Å². The third-order valence-corrected chi connectivity index (χ3v) is 9.29. The van der Waals surface area contributed by atoms with E-state index in [2.05, 4.69) is 29.6 Å². The van der Waals surface area contributed by atoms with Crippen molar-refractivity contribution in [1.82, 2.24) is 9.55 Å². The maximum atomic E-state index is 12.5. The van der Waals surface area contributed by atoms with Crippen LogP contribution < -0.4 is 0 Å². The Morgan fingerprint density at radius 2 is 1.96 bits per heavy atom. The lowest BCUT2D eigenvalue weighted by molar-refractivity contribution is -0.139. The largest absolute Gasteiger partial charge is 0.334 e. The Morgan fingerprint density at radius 1 is 1.08 bits per heavy atom. The number of ketones is 1. The minimum absolute atomic E-state index is 0.0262. The Kier molecular flexibility index (Phi) is 3.50. The number of hydrogen-bond acceptors (Lipinski definition) is 2. The molecule has 0 aliphatic heterocycles. The zero-order chi connectivity index (χ0) is 17.2. The van der Waals surface area contributed by atoms with E-state index in [1.54, 1.807) is 0 Å². The fourth-order valence-electron chi connectivity index (χ4n) is 7.76. The lowest BCUT2D eigenvalue weighted by atomic mass is 9.45. The second-order valence-electron chi connectivity index (χ2n) is 10.0. The zero-order valence-corrected chi connectivity index (χ0v) is 15.8. The van der Waals surface area contributed by atoms with Gasteiger partial charge in [-0.05, 0) is 80.5 Å². The Morgan fingerprint density at radius 3 is 2.76 bits per heavy atom. The van der Waals surface area contributed by atoms with E-state index in [0.717, 1.165) is 30.6 Å². The molecule has 0 radical (unpaired) electrons. The van der Waals surface area contributed by atoms with Crippen molar-refractivity contribution < 1.29 is 4.79 Å². The highest BCUT2D eigenvalue weighted by molar-refractivity contribution is 5.87. The molecule has 7 atom stereocenters. The summed E-state index contributed by atoms with van der Waals surface area (Å²) in [7, 11) is 0. The standard InChI is InChI=1S/C22H32N2O/c1-21-9-7-16(24-12-11-23-14-24)13-15(21)3-4-17-18-5-6-20(25)22(18,2)10-8-19(17)21/h11-12,14-19H,3-10,13H2,1-2H3/t15-,16-,17-,18-,19-,21-,22-/m0/s1. The second kappa shape index (κ2) is 5.44. The van der Waals surface area contributed by atoms with Gasteiger partial charge < -0.3 is 4.57 Å². The van der Waals surface area contributed by atoms with Crippen molar-refractivity contribution in [2.24, 2.45) is 34.5 Å². The zero-order valence-electron chi connectivity index (χ0n) is 15.8. The molecule has 4 aliphatic rings. The average molecular weight is 341 g/mol. The number of nitrogens with zero attached hydrogens (tertiary/aromatic N) is 2. The van der Waals surface area contributed by atoms with Gasteiger partial charge in [0.1, 0.15) is 5.78 Å². The monoisotopic (exact) mass is 340 g/mol. The van der Waals surface area contributed by atoms with E-state index in [4.69, 9.17) is 0 Å². The molecule has 4 fully saturated rings. The summed E-state index contributed by atoms with van der Waals surface area (Å²) < 4.78 is 2.35. The van der Waals surface area contributed by atoms with Crippen molar-refractivity contribution in [1.29, 1.82) is 0 Å². The van der Waals surface area contributed by atoms with Crippen LogP contribution in [-0.4, -0.2) is 15.3 Å². The van der Waals surface area contributed by atoms with Crippen molar-refractivity contribution in [3.8, 4) is 0 Å². The van der Waals surface area contributed by atoms with Gasteiger partial charge in [0, 0.05) is 30.3 Å². The fraction of sp³-hybridized carbons (Fsp3) is 0.818. The molecule has 0 N–H and O–H groups in total. The van der Waals surface area contributed by atoms with Gasteiger partial charge >= 0.3 is 0 Å². The first-order chi connectivity index (χ1) is 12.0. The number of carbonyl (C=O) groups excluding carboxylic acids is 1. The van der Waals surface area contributed by atoms with Crippen LogP contribution in [0.3, 0.4) is 0 Å². The Balaban J connectivity index is 1.40. The van der Waals surface area contributed by atoms with Crippen LogP contribution >= 0.6 is 0 Å². The first kappa shape index (κ1) is 16.1. The molecule has 5 rings (SSSR count). The molecule has 1 aromatic heterocycles. The summed E-state index contributed by atoms with van der Waals surface area (Å²) >= 11 is 0. The average Bonchev–Trinajstić information content (AvgIpc) is 3.23. The fourth-order valence-corrected chi connectivity index (χ4v) is 7.76. The van der Waals surface area contributed by atoms with Gasteiger partial charge in [-0.1, -0.05) is 13.8 Å². The Hall–Kier alpha value is -1.12. The second-order valence-corrected chi connectivity index (χ2v) is 10.0. The molecule has 4 saturated carbocycles. The topological polar surface area (TPSA) is 34.9 Å². The molecule has 0 bridgehead atoms. The highest BCUT2D eigenvalue weighted by Crippen LogP contribution is 2.66. The normalized spacial score (nSPS) is 49.4. The number of Topliss-reactive ketones (excluding diaryl/α,β-unsaturated/α-hetero) is 1. The minimum Gasteiger partial charge on any atom is -0.334 e. The van der Waals surface area contributed by atoms with Gasteiger partial charge in [0.15, 0.2) is 0 Å². The molecule has 25 heavy (non-hydrogen) atoms. The molecule has 0 saturated heterocycles. The van der Waals surface area contributed by atoms with Crippen molar-refractivity contribution in [2.75, 3.05) is 0 Å². The maximum absolute atomic E-state index is 12.5. The lowest BCUT2D eigenvalue weighted by Crippen LogP contribution is -2.53. The van der Waals surface area contributed by atoms with Crippen LogP contribution in [0.25, 0.3) is 0 Å². The molecule has 1 aromatic rings. The molecule has 3 heteroatoms. The molecule has 4 aliphatic carbocycles. The van der Waals surface area contributed by atoms with E-state index in [1.165, 1.54) is 44.9 Å². The molecular weight excluding hydrogens is 308 g/mol. The molecule has 0 amide bonds. The third kappa shape index (κ3) is 2.16. The first-order valence-corrected chi connectivity index (χ1v) is 10.5. The van der Waals surface area contributed by atoms with Crippen LogP contribution in [0.15, 0.2) is 18.7 Å². The van der Waals surface area contributed by atoms with Crippen molar-refractivity contribution in [3.63, 3.8) is 0 Å². The smallest absolute Gasteiger partial charge is 0.139 e. The van der Waals surface area contributed by atoms with Gasteiger partial charge in [-0.3, -0.25) is 4.79 Å². The number of carbonyl (C=O) groups is 1. The SMILES string of the molecule is C[C@]12CC[C@H](n3ccnc3)C[C@@H]1CC[C@@H]1[C@@H]2CC[C@]2(C)C(=O)CC[C@@H]12. The molecule has 0 aromatic carbocycles. The predicted molar refractivity (Wildman–Crippen MR) is 98.0 cm³/mol. The van der Waals surface area contributed by atoms with Crippen molar-refractivity contribution in [3.05, 3.63) is 18.7 Å². The van der Waals surface area contributed by atoms with Crippen molar-refractivity contribution in [2.45, 2.75) is 77.7 Å². The molecule has 136 valence electrons. The highest BCUT2D eigenvalue weighted by atomic mass is 16.1. The van der Waals surface area contributed by atoms with E-state index in [9.17, 15) is 4.79 Å². The summed E-state index contributed by atoms with van der Waals surface area (Å²) in [4.78, 5) is 16.8. The molecule has 3 nitrogen and oxygen atoms in total. The van der Waals surface area contributed by atoms with Gasteiger partial charge in [-0.15, -0.1) is 0 Å². The quantitative estimate of drug-likeness (QED) is 0.718. The lowest BCUT2D eigenvalue weighted by Gasteiger charge is -2.60. The molecule has 0 unspecified atom stereocenters. The highest BCUT2D eigenvalue weighted by Gasteiger charge is 2.60. The van der Waals surface area contributed by atoms with Crippen LogP contribution in [0.5, 0.6) is 0 Å². The number of hydrogen-bond donors (Lipinski definition) is 0. The molecule has 0 spiro atoms. The number of imidazole rings is 1. The first-order valence-electron chi connectivity index (χ1n) is 10.5. The number of rotatable bonds is 1. The van der Waals surface area contributed by atoms with E-state index >= 15 is 0 Å².